The molecule has 2 aromatic carbocycles. The molecule has 2 aliphatic heterocycles. The first-order valence-corrected chi connectivity index (χ1v) is 9.74. The minimum Gasteiger partial charge on any atom is -0.495 e. The fourth-order valence-electron chi connectivity index (χ4n) is 4.42. The Balaban J connectivity index is 1.89. The summed E-state index contributed by atoms with van der Waals surface area (Å²) < 4.78 is 5.63. The second-order valence-corrected chi connectivity index (χ2v) is 8.08. The van der Waals surface area contributed by atoms with E-state index in [1.807, 2.05) is 29.2 Å². The van der Waals surface area contributed by atoms with Crippen molar-refractivity contribution in [1.82, 2.24) is 4.90 Å². The largest absolute Gasteiger partial charge is 0.495 e. The van der Waals surface area contributed by atoms with Gasteiger partial charge in [0, 0.05) is 13.1 Å². The topological polar surface area (TPSA) is 56.6 Å². The van der Waals surface area contributed by atoms with E-state index in [0.29, 0.717) is 37.6 Å². The minimum atomic E-state index is -0.567. The number of hydrogen-bond donors (Lipinski definition) is 0. The van der Waals surface area contributed by atoms with Crippen LogP contribution in [0.3, 0.4) is 0 Å². The molecule has 2 aromatic rings. The molecule has 4 rings (SSSR count). The number of amides is 1. The Morgan fingerprint density at radius 1 is 1.18 bits per heavy atom. The lowest BCUT2D eigenvalue weighted by Crippen LogP contribution is -2.48. The number of ether oxygens (including phenoxy) is 1. The zero-order valence-electron chi connectivity index (χ0n) is 16.6. The van der Waals surface area contributed by atoms with Crippen LogP contribution in [0.15, 0.2) is 42.5 Å². The molecule has 1 saturated heterocycles. The molecule has 1 amide bonds. The van der Waals surface area contributed by atoms with E-state index < -0.39 is 5.41 Å². The lowest BCUT2D eigenvalue weighted by Gasteiger charge is -2.40. The van der Waals surface area contributed by atoms with Crippen molar-refractivity contribution in [3.8, 4) is 11.9 Å². The minimum absolute atomic E-state index is 0.0585. The van der Waals surface area contributed by atoms with Crippen molar-refractivity contribution in [2.75, 3.05) is 25.1 Å². The van der Waals surface area contributed by atoms with E-state index in [4.69, 9.17) is 4.74 Å². The Hall–Kier alpha value is -3.00. The molecule has 28 heavy (non-hydrogen) atoms. The summed E-state index contributed by atoms with van der Waals surface area (Å²) in [6.45, 7) is 5.38. The van der Waals surface area contributed by atoms with Crippen LogP contribution in [-0.4, -0.2) is 31.0 Å². The molecule has 5 heteroatoms. The number of fused-ring (bicyclic) bond motifs is 1. The van der Waals surface area contributed by atoms with Crippen LogP contribution < -0.4 is 9.64 Å². The Kier molecular flexibility index (Phi) is 4.50. The number of likely N-dealkylation sites (tertiary alicyclic amines) is 1. The highest BCUT2D eigenvalue weighted by atomic mass is 16.5. The van der Waals surface area contributed by atoms with Crippen LogP contribution in [0.1, 0.15) is 37.3 Å². The van der Waals surface area contributed by atoms with Gasteiger partial charge < -0.3 is 9.64 Å². The summed E-state index contributed by atoms with van der Waals surface area (Å²) in [5.74, 6) is 1.08. The van der Waals surface area contributed by atoms with Gasteiger partial charge >= 0.3 is 0 Å². The van der Waals surface area contributed by atoms with Crippen molar-refractivity contribution in [2.45, 2.75) is 32.6 Å². The Bertz CT molecular complexity index is 963. The molecule has 1 unspecified atom stereocenters. The van der Waals surface area contributed by atoms with Crippen LogP contribution in [0, 0.1) is 16.9 Å². The Morgan fingerprint density at radius 2 is 1.96 bits per heavy atom. The highest BCUT2D eigenvalue weighted by Crippen LogP contribution is 2.48. The van der Waals surface area contributed by atoms with Gasteiger partial charge in [-0.3, -0.25) is 9.69 Å². The van der Waals surface area contributed by atoms with Crippen LogP contribution in [0.25, 0.3) is 0 Å². The SMILES string of the molecule is COc1ccc(C(C)C)cc1N1C(=O)C2(CCN(C#N)C2)Cc2ccccc21. The number of carbonyl (C=O) groups is 1. The van der Waals surface area contributed by atoms with Gasteiger partial charge in [0.15, 0.2) is 6.19 Å². The number of nitriles is 1. The molecule has 2 heterocycles. The summed E-state index contributed by atoms with van der Waals surface area (Å²) in [5, 5.41) is 9.36. The maximum atomic E-state index is 13.9. The number of carbonyl (C=O) groups excluding carboxylic acids is 1. The lowest BCUT2D eigenvalue weighted by molar-refractivity contribution is -0.127. The maximum absolute atomic E-state index is 13.9. The van der Waals surface area contributed by atoms with Crippen molar-refractivity contribution in [3.63, 3.8) is 0 Å². The van der Waals surface area contributed by atoms with E-state index in [9.17, 15) is 10.1 Å². The van der Waals surface area contributed by atoms with Crippen molar-refractivity contribution in [3.05, 3.63) is 53.6 Å². The number of methoxy groups -OCH3 is 1. The Morgan fingerprint density at radius 3 is 2.64 bits per heavy atom. The lowest BCUT2D eigenvalue weighted by atomic mass is 9.75. The zero-order chi connectivity index (χ0) is 19.9. The van der Waals surface area contributed by atoms with Crippen LogP contribution in [0.5, 0.6) is 5.75 Å². The molecule has 0 radical (unpaired) electrons. The fourth-order valence-corrected chi connectivity index (χ4v) is 4.42. The molecule has 5 nitrogen and oxygen atoms in total. The summed E-state index contributed by atoms with van der Waals surface area (Å²) in [6.07, 6.45) is 3.58. The fraction of sp³-hybridized carbons (Fsp3) is 0.391. The number of nitrogens with zero attached hydrogens (tertiary/aromatic N) is 3. The number of hydrogen-bond acceptors (Lipinski definition) is 4. The standard InChI is InChI=1S/C23H25N3O2/c1-16(2)17-8-9-21(28-3)20(12-17)26-19-7-5-4-6-18(19)13-23(22(26)27)10-11-25(14-23)15-24/h4-9,12,16H,10-11,13-14H2,1-3H3. The molecule has 1 spiro atoms. The second kappa shape index (κ2) is 6.87. The molecule has 2 aliphatic rings. The quantitative estimate of drug-likeness (QED) is 0.754. The average molecular weight is 375 g/mol. The molecular weight excluding hydrogens is 350 g/mol. The zero-order valence-corrected chi connectivity index (χ0v) is 16.6. The third-order valence-corrected chi connectivity index (χ3v) is 6.02. The summed E-state index contributed by atoms with van der Waals surface area (Å²) in [7, 11) is 1.64. The Labute approximate surface area is 166 Å². The first-order valence-electron chi connectivity index (χ1n) is 9.74. The predicted molar refractivity (Wildman–Crippen MR) is 109 cm³/mol. The van der Waals surface area contributed by atoms with Gasteiger partial charge in [0.05, 0.1) is 23.9 Å². The van der Waals surface area contributed by atoms with Gasteiger partial charge in [-0.2, -0.15) is 5.26 Å². The third-order valence-electron chi connectivity index (χ3n) is 6.02. The molecule has 0 saturated carbocycles. The highest BCUT2D eigenvalue weighted by molar-refractivity contribution is 6.08. The van der Waals surface area contributed by atoms with E-state index in [2.05, 4.69) is 38.2 Å². The van der Waals surface area contributed by atoms with E-state index in [1.165, 1.54) is 0 Å². The molecule has 0 N–H and O–H groups in total. The molecule has 1 atom stereocenters. The van der Waals surface area contributed by atoms with E-state index in [-0.39, 0.29) is 5.91 Å². The van der Waals surface area contributed by atoms with Gasteiger partial charge in [0.2, 0.25) is 5.91 Å². The van der Waals surface area contributed by atoms with Gasteiger partial charge in [0.1, 0.15) is 5.75 Å². The molecule has 0 aromatic heterocycles. The molecular formula is C23H25N3O2. The maximum Gasteiger partial charge on any atom is 0.240 e. The highest BCUT2D eigenvalue weighted by Gasteiger charge is 2.51. The van der Waals surface area contributed by atoms with Crippen molar-refractivity contribution < 1.29 is 9.53 Å². The number of benzene rings is 2. The van der Waals surface area contributed by atoms with Gasteiger partial charge in [-0.25, -0.2) is 0 Å². The average Bonchev–Trinajstić information content (AvgIpc) is 3.12. The van der Waals surface area contributed by atoms with Crippen LogP contribution >= 0.6 is 0 Å². The van der Waals surface area contributed by atoms with Crippen LogP contribution in [-0.2, 0) is 11.2 Å². The number of rotatable bonds is 3. The smallest absolute Gasteiger partial charge is 0.240 e. The van der Waals surface area contributed by atoms with Crippen molar-refractivity contribution in [2.24, 2.45) is 5.41 Å². The summed E-state index contributed by atoms with van der Waals surface area (Å²) >= 11 is 0. The molecule has 144 valence electrons. The van der Waals surface area contributed by atoms with Gasteiger partial charge in [-0.1, -0.05) is 38.1 Å². The van der Waals surface area contributed by atoms with Gasteiger partial charge in [0.25, 0.3) is 0 Å². The molecule has 0 aliphatic carbocycles. The predicted octanol–water partition coefficient (Wildman–Crippen LogP) is 4.21. The van der Waals surface area contributed by atoms with Crippen molar-refractivity contribution >= 4 is 17.3 Å². The van der Waals surface area contributed by atoms with E-state index in [0.717, 1.165) is 22.5 Å². The van der Waals surface area contributed by atoms with Crippen LogP contribution in [0.2, 0.25) is 0 Å². The summed E-state index contributed by atoms with van der Waals surface area (Å²) in [5.41, 5.74) is 3.42. The molecule has 1 fully saturated rings. The first-order chi connectivity index (χ1) is 13.5. The monoisotopic (exact) mass is 375 g/mol. The normalized spacial score (nSPS) is 21.2. The molecule has 0 bridgehead atoms. The number of anilines is 2. The van der Waals surface area contributed by atoms with Gasteiger partial charge in [-0.05, 0) is 48.1 Å². The number of para-hydroxylation sites is 1. The third kappa shape index (κ3) is 2.80. The van der Waals surface area contributed by atoms with E-state index >= 15 is 0 Å². The van der Waals surface area contributed by atoms with Gasteiger partial charge in [-0.15, -0.1) is 0 Å². The first kappa shape index (κ1) is 18.4. The van der Waals surface area contributed by atoms with Crippen molar-refractivity contribution in [1.29, 1.82) is 5.26 Å². The summed E-state index contributed by atoms with van der Waals surface area (Å²) in [6, 6.07) is 14.1. The van der Waals surface area contributed by atoms with Crippen LogP contribution in [0.4, 0.5) is 11.4 Å². The second-order valence-electron chi connectivity index (χ2n) is 8.08. The van der Waals surface area contributed by atoms with E-state index in [1.54, 1.807) is 12.0 Å². The summed E-state index contributed by atoms with van der Waals surface area (Å²) in [4.78, 5) is 17.4.